The summed E-state index contributed by atoms with van der Waals surface area (Å²) >= 11 is 1.49. The number of thiazole rings is 1. The Morgan fingerprint density at radius 2 is 2.13 bits per heavy atom. The smallest absolute Gasteiger partial charge is 0.358 e. The van der Waals surface area contributed by atoms with Gasteiger partial charge < -0.3 is 14.8 Å². The van der Waals surface area contributed by atoms with E-state index < -0.39 is 5.97 Å². The minimum Gasteiger partial charge on any atom is -0.494 e. The Morgan fingerprint density at radius 3 is 2.83 bits per heavy atom. The van der Waals surface area contributed by atoms with Crippen molar-refractivity contribution in [3.05, 3.63) is 36.0 Å². The monoisotopic (exact) mass is 330 g/mol. The van der Waals surface area contributed by atoms with Crippen molar-refractivity contribution >= 4 is 38.5 Å². The first kappa shape index (κ1) is 15.2. The molecule has 0 amide bonds. The van der Waals surface area contributed by atoms with Crippen LogP contribution in [0.5, 0.6) is 5.75 Å². The summed E-state index contributed by atoms with van der Waals surface area (Å²) in [5.41, 5.74) is 1.03. The van der Waals surface area contributed by atoms with E-state index in [1.54, 1.807) is 12.1 Å². The number of nitrogens with zero attached hydrogens (tertiary/aromatic N) is 3. The van der Waals surface area contributed by atoms with Crippen molar-refractivity contribution in [3.63, 3.8) is 0 Å². The molecule has 0 aliphatic heterocycles. The van der Waals surface area contributed by atoms with E-state index in [1.165, 1.54) is 18.4 Å². The fourth-order valence-corrected chi connectivity index (χ4v) is 2.84. The van der Waals surface area contributed by atoms with E-state index in [0.29, 0.717) is 17.6 Å². The van der Waals surface area contributed by atoms with Crippen LogP contribution in [0.4, 0.5) is 10.9 Å². The quantitative estimate of drug-likeness (QED) is 0.720. The van der Waals surface area contributed by atoms with Crippen molar-refractivity contribution in [2.75, 3.05) is 19.0 Å². The van der Waals surface area contributed by atoms with Gasteiger partial charge >= 0.3 is 5.97 Å². The van der Waals surface area contributed by atoms with Crippen molar-refractivity contribution in [2.24, 2.45) is 0 Å². The average Bonchev–Trinajstić information content (AvgIpc) is 2.96. The molecule has 23 heavy (non-hydrogen) atoms. The molecule has 0 spiro atoms. The maximum Gasteiger partial charge on any atom is 0.358 e. The Balaban J connectivity index is 1.79. The molecule has 118 valence electrons. The van der Waals surface area contributed by atoms with Gasteiger partial charge in [-0.1, -0.05) is 11.3 Å². The van der Waals surface area contributed by atoms with Crippen LogP contribution in [0.25, 0.3) is 10.2 Å². The molecule has 3 rings (SSSR count). The highest BCUT2D eigenvalue weighted by atomic mass is 32.1. The van der Waals surface area contributed by atoms with Gasteiger partial charge in [-0.05, 0) is 37.3 Å². The molecule has 0 saturated carbocycles. The maximum atomic E-state index is 11.3. The molecule has 2 aromatic heterocycles. The lowest BCUT2D eigenvalue weighted by Gasteiger charge is -2.01. The third-order valence-corrected chi connectivity index (χ3v) is 3.90. The molecule has 8 heteroatoms. The number of aromatic nitrogens is 3. The molecule has 0 aliphatic carbocycles. The van der Waals surface area contributed by atoms with Crippen LogP contribution in [0, 0.1) is 0 Å². The fourth-order valence-electron chi connectivity index (χ4n) is 1.94. The lowest BCUT2D eigenvalue weighted by atomic mass is 10.3. The van der Waals surface area contributed by atoms with E-state index >= 15 is 0 Å². The third-order valence-electron chi connectivity index (χ3n) is 2.96. The van der Waals surface area contributed by atoms with Crippen LogP contribution in [0.2, 0.25) is 0 Å². The number of carbonyl (C=O) groups excluding carboxylic acids is 1. The first-order chi connectivity index (χ1) is 11.2. The largest absolute Gasteiger partial charge is 0.494 e. The molecule has 1 N–H and O–H groups in total. The van der Waals surface area contributed by atoms with Gasteiger partial charge in [-0.3, -0.25) is 0 Å². The summed E-state index contributed by atoms with van der Waals surface area (Å²) in [6.07, 6.45) is 0. The Hall–Kier alpha value is -2.74. The SMILES string of the molecule is CCOc1ccc2nc(Nc3ccc(C(=O)OC)nn3)sc2c1. The summed E-state index contributed by atoms with van der Waals surface area (Å²) in [7, 11) is 1.30. The zero-order valence-electron chi connectivity index (χ0n) is 12.6. The predicted octanol–water partition coefficient (Wildman–Crippen LogP) is 3.02. The summed E-state index contributed by atoms with van der Waals surface area (Å²) in [6.45, 7) is 2.57. The first-order valence-electron chi connectivity index (χ1n) is 6.92. The molecule has 1 aromatic carbocycles. The Kier molecular flexibility index (Phi) is 4.33. The molecule has 0 unspecified atom stereocenters. The number of hydrogen-bond donors (Lipinski definition) is 1. The number of ether oxygens (including phenoxy) is 2. The normalized spacial score (nSPS) is 10.5. The van der Waals surface area contributed by atoms with Crippen LogP contribution in [-0.2, 0) is 4.74 Å². The number of benzene rings is 1. The second-order valence-corrected chi connectivity index (χ2v) is 5.53. The summed E-state index contributed by atoms with van der Waals surface area (Å²) in [4.78, 5) is 15.8. The molecule has 0 bridgehead atoms. The molecular formula is C15H14N4O3S. The summed E-state index contributed by atoms with van der Waals surface area (Å²) in [5, 5.41) is 11.5. The van der Waals surface area contributed by atoms with Crippen molar-refractivity contribution in [2.45, 2.75) is 6.92 Å². The summed E-state index contributed by atoms with van der Waals surface area (Å²) in [6, 6.07) is 8.95. The summed E-state index contributed by atoms with van der Waals surface area (Å²) in [5.74, 6) is 0.798. The van der Waals surface area contributed by atoms with Crippen LogP contribution in [-0.4, -0.2) is 34.9 Å². The van der Waals surface area contributed by atoms with Crippen LogP contribution < -0.4 is 10.1 Å². The van der Waals surface area contributed by atoms with Crippen molar-refractivity contribution in [3.8, 4) is 5.75 Å². The van der Waals surface area contributed by atoms with Gasteiger partial charge in [-0.15, -0.1) is 10.2 Å². The predicted molar refractivity (Wildman–Crippen MR) is 87.4 cm³/mol. The van der Waals surface area contributed by atoms with Crippen LogP contribution in [0.15, 0.2) is 30.3 Å². The Labute approximate surface area is 136 Å². The highest BCUT2D eigenvalue weighted by molar-refractivity contribution is 7.22. The number of anilines is 2. The number of nitrogens with one attached hydrogen (secondary N) is 1. The molecule has 0 saturated heterocycles. The van der Waals surface area contributed by atoms with E-state index in [4.69, 9.17) is 4.74 Å². The first-order valence-corrected chi connectivity index (χ1v) is 7.73. The topological polar surface area (TPSA) is 86.2 Å². The second kappa shape index (κ2) is 6.57. The highest BCUT2D eigenvalue weighted by Crippen LogP contribution is 2.30. The molecule has 0 radical (unpaired) electrons. The summed E-state index contributed by atoms with van der Waals surface area (Å²) < 4.78 is 11.1. The van der Waals surface area contributed by atoms with Crippen molar-refractivity contribution in [1.29, 1.82) is 0 Å². The molecule has 2 heterocycles. The van der Waals surface area contributed by atoms with E-state index in [0.717, 1.165) is 16.0 Å². The van der Waals surface area contributed by atoms with Crippen LogP contribution >= 0.6 is 11.3 Å². The minimum atomic E-state index is -0.521. The van der Waals surface area contributed by atoms with Gasteiger partial charge in [0.05, 0.1) is 23.9 Å². The third kappa shape index (κ3) is 3.37. The average molecular weight is 330 g/mol. The highest BCUT2D eigenvalue weighted by Gasteiger charge is 2.09. The van der Waals surface area contributed by atoms with Gasteiger partial charge in [0.1, 0.15) is 5.75 Å². The molecule has 7 nitrogen and oxygen atoms in total. The Morgan fingerprint density at radius 1 is 1.26 bits per heavy atom. The molecule has 0 aliphatic rings. The zero-order valence-corrected chi connectivity index (χ0v) is 13.4. The van der Waals surface area contributed by atoms with E-state index in [2.05, 4.69) is 25.2 Å². The van der Waals surface area contributed by atoms with Crippen LogP contribution in [0.1, 0.15) is 17.4 Å². The van der Waals surface area contributed by atoms with Gasteiger partial charge in [0.15, 0.2) is 16.6 Å². The number of esters is 1. The van der Waals surface area contributed by atoms with Gasteiger partial charge in [0.25, 0.3) is 0 Å². The van der Waals surface area contributed by atoms with Gasteiger partial charge in [0, 0.05) is 0 Å². The van der Waals surface area contributed by atoms with Gasteiger partial charge in [0.2, 0.25) is 0 Å². The fraction of sp³-hybridized carbons (Fsp3) is 0.200. The molecular weight excluding hydrogens is 316 g/mol. The lowest BCUT2D eigenvalue weighted by molar-refractivity contribution is 0.0593. The van der Waals surface area contributed by atoms with Crippen molar-refractivity contribution in [1.82, 2.24) is 15.2 Å². The Bertz CT molecular complexity index is 832. The molecule has 0 fully saturated rings. The number of hydrogen-bond acceptors (Lipinski definition) is 8. The number of fused-ring (bicyclic) bond motifs is 1. The molecule has 0 atom stereocenters. The standard InChI is InChI=1S/C15H14N4O3S/c1-3-22-9-4-5-10-12(8-9)23-15(16-10)17-13-7-6-11(18-19-13)14(20)21-2/h4-8H,3H2,1-2H3,(H,16,17,19). The lowest BCUT2D eigenvalue weighted by Crippen LogP contribution is -2.06. The minimum absolute atomic E-state index is 0.156. The van der Waals surface area contributed by atoms with Crippen molar-refractivity contribution < 1.29 is 14.3 Å². The second-order valence-electron chi connectivity index (χ2n) is 4.50. The van der Waals surface area contributed by atoms with E-state index in [1.807, 2.05) is 25.1 Å². The van der Waals surface area contributed by atoms with Gasteiger partial charge in [-0.25, -0.2) is 9.78 Å². The van der Waals surface area contributed by atoms with Crippen LogP contribution in [0.3, 0.4) is 0 Å². The van der Waals surface area contributed by atoms with E-state index in [-0.39, 0.29) is 5.69 Å². The molecule has 3 aromatic rings. The van der Waals surface area contributed by atoms with Gasteiger partial charge in [-0.2, -0.15) is 0 Å². The number of carbonyl (C=O) groups is 1. The maximum absolute atomic E-state index is 11.3. The number of methoxy groups -OCH3 is 1. The number of rotatable bonds is 5. The van der Waals surface area contributed by atoms with E-state index in [9.17, 15) is 4.79 Å². The zero-order chi connectivity index (χ0) is 16.2.